The smallest absolute Gasteiger partial charge is 0.263 e. The van der Waals surface area contributed by atoms with E-state index in [1.165, 1.54) is 12.8 Å². The van der Waals surface area contributed by atoms with Crippen molar-refractivity contribution in [1.82, 2.24) is 10.2 Å². The Balaban J connectivity index is 1.91. The number of nitrogens with zero attached hydrogens (tertiary/aromatic N) is 2. The maximum Gasteiger partial charge on any atom is 0.263 e. The van der Waals surface area contributed by atoms with E-state index in [0.29, 0.717) is 13.2 Å². The highest BCUT2D eigenvalue weighted by Gasteiger charge is 2.20. The minimum absolute atomic E-state index is 0.198. The van der Waals surface area contributed by atoms with Crippen LogP contribution in [0.25, 0.3) is 0 Å². The molecule has 1 aliphatic heterocycles. The summed E-state index contributed by atoms with van der Waals surface area (Å²) in [5, 5.41) is 12.0. The minimum atomic E-state index is -0.240. The van der Waals surface area contributed by atoms with E-state index in [2.05, 4.69) is 5.32 Å². The van der Waals surface area contributed by atoms with Crippen LogP contribution in [0.2, 0.25) is 0 Å². The Kier molecular flexibility index (Phi) is 4.59. The molecule has 18 heavy (non-hydrogen) atoms. The fourth-order valence-electron chi connectivity index (χ4n) is 2.36. The Bertz CT molecular complexity index is 361. The van der Waals surface area contributed by atoms with E-state index in [1.54, 1.807) is 6.20 Å². The average Bonchev–Trinajstić information content (AvgIpc) is 2.90. The highest BCUT2D eigenvalue weighted by Crippen LogP contribution is 2.18. The van der Waals surface area contributed by atoms with Gasteiger partial charge >= 0.3 is 0 Å². The highest BCUT2D eigenvalue weighted by atomic mass is 16.5. The molecule has 0 aromatic carbocycles. The summed E-state index contributed by atoms with van der Waals surface area (Å²) in [6.07, 6.45) is 6.05. The molecule has 0 aromatic heterocycles. The summed E-state index contributed by atoms with van der Waals surface area (Å²) in [6.45, 7) is 2.78. The van der Waals surface area contributed by atoms with E-state index in [0.717, 1.165) is 25.9 Å². The van der Waals surface area contributed by atoms with Gasteiger partial charge in [-0.2, -0.15) is 5.26 Å². The molecule has 0 aromatic rings. The zero-order chi connectivity index (χ0) is 12.8. The van der Waals surface area contributed by atoms with Crippen molar-refractivity contribution in [2.75, 3.05) is 26.3 Å². The number of carbonyl (C=O) groups is 1. The van der Waals surface area contributed by atoms with Gasteiger partial charge in [0, 0.05) is 25.3 Å². The number of nitriles is 1. The van der Waals surface area contributed by atoms with Crippen molar-refractivity contribution in [2.24, 2.45) is 0 Å². The molecule has 0 radical (unpaired) electrons. The van der Waals surface area contributed by atoms with Crippen molar-refractivity contribution in [3.8, 4) is 6.07 Å². The predicted octanol–water partition coefficient (Wildman–Crippen LogP) is 0.785. The normalized spacial score (nSPS) is 21.7. The third kappa shape index (κ3) is 3.47. The van der Waals surface area contributed by atoms with E-state index in [-0.39, 0.29) is 17.5 Å². The molecule has 98 valence electrons. The molecular formula is C13H19N3O2. The fraction of sp³-hybridized carbons (Fsp3) is 0.692. The van der Waals surface area contributed by atoms with Crippen LogP contribution in [0.1, 0.15) is 25.7 Å². The number of amides is 1. The van der Waals surface area contributed by atoms with Gasteiger partial charge in [0.1, 0.15) is 11.6 Å². The lowest BCUT2D eigenvalue weighted by Gasteiger charge is -2.25. The molecule has 2 rings (SSSR count). The fourth-order valence-corrected chi connectivity index (χ4v) is 2.36. The Morgan fingerprint density at radius 1 is 1.33 bits per heavy atom. The van der Waals surface area contributed by atoms with Gasteiger partial charge < -0.3 is 15.0 Å². The van der Waals surface area contributed by atoms with E-state index >= 15 is 0 Å². The number of hydrogen-bond acceptors (Lipinski definition) is 4. The van der Waals surface area contributed by atoms with Crippen molar-refractivity contribution in [2.45, 2.75) is 31.7 Å². The lowest BCUT2D eigenvalue weighted by molar-refractivity contribution is -0.117. The summed E-state index contributed by atoms with van der Waals surface area (Å²) in [7, 11) is 0. The maximum absolute atomic E-state index is 11.9. The van der Waals surface area contributed by atoms with Crippen molar-refractivity contribution in [3.63, 3.8) is 0 Å². The zero-order valence-electron chi connectivity index (χ0n) is 10.5. The summed E-state index contributed by atoms with van der Waals surface area (Å²) < 4.78 is 5.23. The Morgan fingerprint density at radius 2 is 2.00 bits per heavy atom. The molecular weight excluding hydrogens is 230 g/mol. The van der Waals surface area contributed by atoms with Crippen LogP contribution in [0.4, 0.5) is 0 Å². The van der Waals surface area contributed by atoms with Crippen LogP contribution < -0.4 is 5.32 Å². The van der Waals surface area contributed by atoms with Crippen molar-refractivity contribution >= 4 is 5.91 Å². The maximum atomic E-state index is 11.9. The topological polar surface area (TPSA) is 65.4 Å². The van der Waals surface area contributed by atoms with E-state index in [4.69, 9.17) is 10.00 Å². The molecule has 2 aliphatic rings. The summed E-state index contributed by atoms with van der Waals surface area (Å²) in [4.78, 5) is 13.9. The number of rotatable bonds is 3. The number of carbonyl (C=O) groups excluding carboxylic acids is 1. The first kappa shape index (κ1) is 12.9. The third-order valence-corrected chi connectivity index (χ3v) is 3.41. The Morgan fingerprint density at radius 3 is 2.61 bits per heavy atom. The van der Waals surface area contributed by atoms with Crippen LogP contribution in [0, 0.1) is 11.3 Å². The molecule has 0 bridgehead atoms. The van der Waals surface area contributed by atoms with Gasteiger partial charge in [-0.25, -0.2) is 0 Å². The lowest BCUT2D eigenvalue weighted by atomic mass is 10.2. The van der Waals surface area contributed by atoms with Crippen LogP contribution in [0.15, 0.2) is 11.8 Å². The second-order valence-electron chi connectivity index (χ2n) is 4.76. The standard InChI is InChI=1S/C13H19N3O2/c14-9-11(10-16-5-7-18-8-6-16)13(17)15-12-3-1-2-4-12/h10,12H,1-8H2,(H,15,17)/b11-10-. The first-order valence-electron chi connectivity index (χ1n) is 6.54. The quantitative estimate of drug-likeness (QED) is 0.593. The molecule has 1 saturated heterocycles. The molecule has 1 amide bonds. The van der Waals surface area contributed by atoms with E-state index in [1.807, 2.05) is 11.0 Å². The number of morpholine rings is 1. The largest absolute Gasteiger partial charge is 0.378 e. The Labute approximate surface area is 107 Å². The molecule has 2 fully saturated rings. The molecule has 5 nitrogen and oxygen atoms in total. The lowest BCUT2D eigenvalue weighted by Crippen LogP contribution is -2.36. The van der Waals surface area contributed by atoms with Crippen LogP contribution in [-0.4, -0.2) is 43.2 Å². The monoisotopic (exact) mass is 249 g/mol. The molecule has 1 saturated carbocycles. The van der Waals surface area contributed by atoms with E-state index < -0.39 is 0 Å². The molecule has 0 spiro atoms. The minimum Gasteiger partial charge on any atom is -0.378 e. The summed E-state index contributed by atoms with van der Waals surface area (Å²) in [5.41, 5.74) is 0.198. The van der Waals surface area contributed by atoms with E-state index in [9.17, 15) is 4.79 Å². The first-order chi connectivity index (χ1) is 8.79. The Hall–Kier alpha value is -1.54. The second-order valence-corrected chi connectivity index (χ2v) is 4.76. The molecule has 0 unspecified atom stereocenters. The summed E-state index contributed by atoms with van der Waals surface area (Å²) in [6, 6.07) is 2.24. The highest BCUT2D eigenvalue weighted by molar-refractivity contribution is 5.97. The van der Waals surface area contributed by atoms with Gasteiger partial charge in [0.05, 0.1) is 13.2 Å². The van der Waals surface area contributed by atoms with Gasteiger partial charge in [0.25, 0.3) is 5.91 Å². The van der Waals surface area contributed by atoms with Crippen LogP contribution in [0.3, 0.4) is 0 Å². The van der Waals surface area contributed by atoms with Gasteiger partial charge in [-0.05, 0) is 12.8 Å². The molecule has 1 heterocycles. The number of hydrogen-bond donors (Lipinski definition) is 1. The van der Waals surface area contributed by atoms with Crippen molar-refractivity contribution in [3.05, 3.63) is 11.8 Å². The van der Waals surface area contributed by atoms with Gasteiger partial charge in [-0.1, -0.05) is 12.8 Å². The molecule has 1 aliphatic carbocycles. The predicted molar refractivity (Wildman–Crippen MR) is 66.5 cm³/mol. The molecule has 1 N–H and O–H groups in total. The van der Waals surface area contributed by atoms with Crippen LogP contribution in [-0.2, 0) is 9.53 Å². The zero-order valence-corrected chi connectivity index (χ0v) is 10.5. The van der Waals surface area contributed by atoms with Gasteiger partial charge in [0.2, 0.25) is 0 Å². The first-order valence-corrected chi connectivity index (χ1v) is 6.54. The summed E-state index contributed by atoms with van der Waals surface area (Å²) in [5.74, 6) is -0.240. The third-order valence-electron chi connectivity index (χ3n) is 3.41. The van der Waals surface area contributed by atoms with Gasteiger partial charge in [0.15, 0.2) is 0 Å². The average molecular weight is 249 g/mol. The van der Waals surface area contributed by atoms with Gasteiger partial charge in [-0.15, -0.1) is 0 Å². The summed E-state index contributed by atoms with van der Waals surface area (Å²) >= 11 is 0. The van der Waals surface area contributed by atoms with Crippen LogP contribution >= 0.6 is 0 Å². The van der Waals surface area contributed by atoms with Crippen molar-refractivity contribution in [1.29, 1.82) is 5.26 Å². The van der Waals surface area contributed by atoms with Crippen molar-refractivity contribution < 1.29 is 9.53 Å². The second kappa shape index (κ2) is 6.41. The van der Waals surface area contributed by atoms with Gasteiger partial charge in [-0.3, -0.25) is 4.79 Å². The molecule has 0 atom stereocenters. The number of ether oxygens (including phenoxy) is 1. The SMILES string of the molecule is N#C/C(=C/N1CCOCC1)C(=O)NC1CCCC1. The van der Waals surface area contributed by atoms with Crippen LogP contribution in [0.5, 0.6) is 0 Å². The molecule has 5 heteroatoms. The number of nitrogens with one attached hydrogen (secondary N) is 1.